The van der Waals surface area contributed by atoms with Gasteiger partial charge in [-0.05, 0) is 12.1 Å². The van der Waals surface area contributed by atoms with Gasteiger partial charge in [-0.25, -0.2) is 9.97 Å². The number of hydrogen-bond acceptors (Lipinski definition) is 3. The van der Waals surface area contributed by atoms with Gasteiger partial charge in [-0.3, -0.25) is 4.57 Å². The number of pyridine rings is 1. The van der Waals surface area contributed by atoms with Crippen LogP contribution in [0.3, 0.4) is 0 Å². The van der Waals surface area contributed by atoms with E-state index in [-0.39, 0.29) is 0 Å². The van der Waals surface area contributed by atoms with E-state index >= 15 is 0 Å². The number of nitrogens with zero attached hydrogens (tertiary/aromatic N) is 3. The SMILES string of the molecule is B1Oc2cccnc2-n2ccnc21. The molecule has 13 heavy (non-hydrogen) atoms. The van der Waals surface area contributed by atoms with Crippen LogP contribution in [-0.2, 0) is 0 Å². The monoisotopic (exact) mass is 171 g/mol. The molecule has 3 rings (SSSR count). The number of fused-ring (bicyclic) bond motifs is 3. The van der Waals surface area contributed by atoms with Crippen LogP contribution in [0.2, 0.25) is 0 Å². The minimum Gasteiger partial charge on any atom is -0.553 e. The summed E-state index contributed by atoms with van der Waals surface area (Å²) in [6, 6.07) is 3.77. The Balaban J connectivity index is 2.30. The molecule has 62 valence electrons. The van der Waals surface area contributed by atoms with Gasteiger partial charge in [0.25, 0.3) is 0 Å². The maximum atomic E-state index is 5.46. The average Bonchev–Trinajstić information content (AvgIpc) is 2.65. The third-order valence-electron chi connectivity index (χ3n) is 2.05. The van der Waals surface area contributed by atoms with Gasteiger partial charge in [-0.15, -0.1) is 0 Å². The van der Waals surface area contributed by atoms with E-state index in [9.17, 15) is 0 Å². The number of hydrogen-bond donors (Lipinski definition) is 0. The van der Waals surface area contributed by atoms with E-state index in [1.807, 2.05) is 22.9 Å². The van der Waals surface area contributed by atoms with Crippen molar-refractivity contribution in [2.75, 3.05) is 0 Å². The summed E-state index contributed by atoms with van der Waals surface area (Å²) >= 11 is 0. The lowest BCUT2D eigenvalue weighted by Gasteiger charge is -2.16. The highest BCUT2D eigenvalue weighted by Gasteiger charge is 2.18. The van der Waals surface area contributed by atoms with E-state index < -0.39 is 0 Å². The Morgan fingerprint density at radius 2 is 2.31 bits per heavy atom. The zero-order valence-electron chi connectivity index (χ0n) is 6.84. The first-order chi connectivity index (χ1) is 6.45. The summed E-state index contributed by atoms with van der Waals surface area (Å²) in [5.74, 6) is 1.63. The molecule has 4 nitrogen and oxygen atoms in total. The molecule has 0 fully saturated rings. The molecule has 0 unspecified atom stereocenters. The van der Waals surface area contributed by atoms with Crippen LogP contribution in [0.5, 0.6) is 5.75 Å². The molecule has 5 heteroatoms. The fourth-order valence-electron chi connectivity index (χ4n) is 1.45. The van der Waals surface area contributed by atoms with Crippen LogP contribution in [0.25, 0.3) is 5.82 Å². The summed E-state index contributed by atoms with van der Waals surface area (Å²) < 4.78 is 7.41. The van der Waals surface area contributed by atoms with E-state index in [0.29, 0.717) is 7.48 Å². The topological polar surface area (TPSA) is 39.9 Å². The van der Waals surface area contributed by atoms with Gasteiger partial charge >= 0.3 is 7.48 Å². The third kappa shape index (κ3) is 0.868. The molecule has 0 aliphatic carbocycles. The molecule has 0 atom stereocenters. The lowest BCUT2D eigenvalue weighted by atomic mass is 9.98. The van der Waals surface area contributed by atoms with Crippen LogP contribution >= 0.6 is 0 Å². The van der Waals surface area contributed by atoms with Crippen molar-refractivity contribution in [3.63, 3.8) is 0 Å². The Morgan fingerprint density at radius 1 is 1.31 bits per heavy atom. The molecule has 0 aromatic carbocycles. The first-order valence-electron chi connectivity index (χ1n) is 4.05. The van der Waals surface area contributed by atoms with Crippen LogP contribution in [0.4, 0.5) is 0 Å². The molecule has 2 aromatic heterocycles. The van der Waals surface area contributed by atoms with Crippen molar-refractivity contribution >= 4 is 13.2 Å². The minimum atomic E-state index is 0.520. The van der Waals surface area contributed by atoms with Gasteiger partial charge in [0.05, 0.1) is 0 Å². The smallest absolute Gasteiger partial charge is 0.412 e. The largest absolute Gasteiger partial charge is 0.553 e. The highest BCUT2D eigenvalue weighted by molar-refractivity contribution is 6.46. The van der Waals surface area contributed by atoms with Crippen molar-refractivity contribution in [3.8, 4) is 11.6 Å². The van der Waals surface area contributed by atoms with Crippen LogP contribution in [0.15, 0.2) is 30.7 Å². The van der Waals surface area contributed by atoms with Crippen molar-refractivity contribution in [3.05, 3.63) is 30.7 Å². The van der Waals surface area contributed by atoms with Gasteiger partial charge in [0.2, 0.25) is 0 Å². The van der Waals surface area contributed by atoms with Gasteiger partial charge < -0.3 is 4.65 Å². The molecule has 0 bridgehead atoms. The van der Waals surface area contributed by atoms with Gasteiger partial charge in [0, 0.05) is 18.6 Å². The Labute approximate surface area is 75.5 Å². The molecule has 3 heterocycles. The average molecular weight is 171 g/mol. The summed E-state index contributed by atoms with van der Waals surface area (Å²) in [4.78, 5) is 8.38. The van der Waals surface area contributed by atoms with Gasteiger partial charge in [0.1, 0.15) is 11.5 Å². The quantitative estimate of drug-likeness (QED) is 0.508. The van der Waals surface area contributed by atoms with Crippen LogP contribution < -0.4 is 10.4 Å². The Hall–Kier alpha value is -1.78. The highest BCUT2D eigenvalue weighted by Crippen LogP contribution is 2.20. The second-order valence-electron chi connectivity index (χ2n) is 2.83. The van der Waals surface area contributed by atoms with Gasteiger partial charge in [-0.1, -0.05) is 0 Å². The molecule has 0 N–H and O–H groups in total. The van der Waals surface area contributed by atoms with E-state index in [1.54, 1.807) is 12.4 Å². The minimum absolute atomic E-state index is 0.520. The van der Waals surface area contributed by atoms with Crippen LogP contribution in [-0.4, -0.2) is 22.0 Å². The lowest BCUT2D eigenvalue weighted by Crippen LogP contribution is -2.34. The summed E-state index contributed by atoms with van der Waals surface area (Å²) in [6.07, 6.45) is 5.39. The molecule has 0 radical (unpaired) electrons. The molecule has 2 aromatic rings. The molecule has 1 aliphatic rings. The van der Waals surface area contributed by atoms with Gasteiger partial charge in [0.15, 0.2) is 5.82 Å². The molecule has 0 saturated heterocycles. The number of imidazole rings is 1. The van der Waals surface area contributed by atoms with Gasteiger partial charge in [-0.2, -0.15) is 0 Å². The summed E-state index contributed by atoms with van der Waals surface area (Å²) in [5.41, 5.74) is 0.895. The fourth-order valence-corrected chi connectivity index (χ4v) is 1.45. The molecular formula is C8H6BN3O. The van der Waals surface area contributed by atoms with E-state index in [1.165, 1.54) is 0 Å². The number of rotatable bonds is 0. The predicted molar refractivity (Wildman–Crippen MR) is 48.8 cm³/mol. The maximum Gasteiger partial charge on any atom is 0.412 e. The Morgan fingerprint density at radius 3 is 3.31 bits per heavy atom. The molecule has 0 saturated carbocycles. The fraction of sp³-hybridized carbons (Fsp3) is 0. The Bertz CT molecular complexity index is 454. The van der Waals surface area contributed by atoms with E-state index in [2.05, 4.69) is 9.97 Å². The van der Waals surface area contributed by atoms with Crippen LogP contribution in [0, 0.1) is 0 Å². The van der Waals surface area contributed by atoms with Crippen molar-refractivity contribution in [1.82, 2.24) is 14.5 Å². The molecular weight excluding hydrogens is 165 g/mol. The number of aromatic nitrogens is 3. The zero-order chi connectivity index (χ0) is 8.67. The zero-order valence-corrected chi connectivity index (χ0v) is 6.84. The second kappa shape index (κ2) is 2.35. The summed E-state index contributed by atoms with van der Waals surface area (Å²) in [6.45, 7) is 0. The standard InChI is InChI=1S/C8H6BN3O/c1-2-6-7(10-3-1)12-5-4-11-8(12)9-13-6/h1-5,9H. The van der Waals surface area contributed by atoms with Crippen molar-refractivity contribution < 1.29 is 4.65 Å². The first-order valence-corrected chi connectivity index (χ1v) is 4.05. The maximum absolute atomic E-state index is 5.46. The third-order valence-corrected chi connectivity index (χ3v) is 2.05. The normalized spacial score (nSPS) is 12.3. The molecule has 0 spiro atoms. The second-order valence-corrected chi connectivity index (χ2v) is 2.83. The highest BCUT2D eigenvalue weighted by atomic mass is 16.4. The van der Waals surface area contributed by atoms with E-state index in [4.69, 9.17) is 4.65 Å². The lowest BCUT2D eigenvalue weighted by molar-refractivity contribution is 0.580. The van der Waals surface area contributed by atoms with Crippen molar-refractivity contribution in [2.24, 2.45) is 0 Å². The summed E-state index contributed by atoms with van der Waals surface area (Å²) in [7, 11) is 0.520. The summed E-state index contributed by atoms with van der Waals surface area (Å²) in [5, 5.41) is 0. The van der Waals surface area contributed by atoms with Crippen molar-refractivity contribution in [2.45, 2.75) is 0 Å². The van der Waals surface area contributed by atoms with E-state index in [0.717, 1.165) is 17.3 Å². The van der Waals surface area contributed by atoms with Crippen molar-refractivity contribution in [1.29, 1.82) is 0 Å². The predicted octanol–water partition coefficient (Wildman–Crippen LogP) is -0.364. The van der Waals surface area contributed by atoms with Crippen LogP contribution in [0.1, 0.15) is 0 Å². The first kappa shape index (κ1) is 6.71. The molecule has 0 amide bonds. The molecule has 1 aliphatic heterocycles. The Kier molecular flexibility index (Phi) is 1.22.